The Balaban J connectivity index is 1.73. The van der Waals surface area contributed by atoms with Crippen molar-refractivity contribution in [2.24, 2.45) is 0 Å². The fraction of sp³-hybridized carbons (Fsp3) is 0.455. The van der Waals surface area contributed by atoms with E-state index in [2.05, 4.69) is 25.7 Å². The van der Waals surface area contributed by atoms with Crippen LogP contribution in [-0.2, 0) is 11.2 Å². The van der Waals surface area contributed by atoms with Crippen molar-refractivity contribution in [1.82, 2.24) is 25.7 Å². The molecule has 0 aromatic carbocycles. The number of H-pyrrole nitrogens is 1. The molecule has 0 saturated carbocycles. The molecule has 2 aromatic rings. The summed E-state index contributed by atoms with van der Waals surface area (Å²) in [7, 11) is 0. The van der Waals surface area contributed by atoms with Crippen LogP contribution in [0.5, 0.6) is 0 Å². The van der Waals surface area contributed by atoms with E-state index in [1.54, 1.807) is 0 Å². The zero-order valence-electron chi connectivity index (χ0n) is 11.2. The molecule has 2 rings (SSSR count). The number of carbonyl (C=O) groups is 1. The van der Waals surface area contributed by atoms with Gasteiger partial charge < -0.3 is 11.1 Å². The summed E-state index contributed by atoms with van der Waals surface area (Å²) in [6.45, 7) is 3.90. The molecule has 20 heavy (non-hydrogen) atoms. The number of hydrogen-bond donors (Lipinski definition) is 3. The van der Waals surface area contributed by atoms with E-state index in [4.69, 9.17) is 5.73 Å². The average Bonchev–Trinajstić information content (AvgIpc) is 2.96. The van der Waals surface area contributed by atoms with Crippen LogP contribution in [0.1, 0.15) is 18.3 Å². The number of aromatic amines is 1. The van der Waals surface area contributed by atoms with Crippen molar-refractivity contribution in [3.05, 3.63) is 17.5 Å². The molecular formula is C11H16N6OS2. The van der Waals surface area contributed by atoms with Crippen molar-refractivity contribution in [2.45, 2.75) is 30.6 Å². The largest absolute Gasteiger partial charge is 0.374 e. The number of thioether (sulfide) groups is 1. The zero-order chi connectivity index (χ0) is 14.5. The molecule has 0 spiro atoms. The maximum Gasteiger partial charge on any atom is 0.230 e. The predicted molar refractivity (Wildman–Crippen MR) is 79.7 cm³/mol. The van der Waals surface area contributed by atoms with E-state index in [1.807, 2.05) is 19.9 Å². The quantitative estimate of drug-likeness (QED) is 0.686. The fourth-order valence-corrected chi connectivity index (χ4v) is 3.11. The highest BCUT2D eigenvalue weighted by molar-refractivity contribution is 8.01. The van der Waals surface area contributed by atoms with Crippen LogP contribution >= 0.6 is 23.1 Å². The predicted octanol–water partition coefficient (Wildman–Crippen LogP) is 0.991. The van der Waals surface area contributed by atoms with Gasteiger partial charge in [-0.05, 0) is 19.9 Å². The van der Waals surface area contributed by atoms with E-state index in [-0.39, 0.29) is 11.9 Å². The van der Waals surface area contributed by atoms with Gasteiger partial charge >= 0.3 is 0 Å². The van der Waals surface area contributed by atoms with Crippen LogP contribution < -0.4 is 11.1 Å². The third kappa shape index (κ3) is 4.49. The van der Waals surface area contributed by atoms with Gasteiger partial charge in [-0.15, -0.1) is 10.2 Å². The number of nitrogen functional groups attached to an aromatic ring is 1. The van der Waals surface area contributed by atoms with Gasteiger partial charge in [-0.25, -0.2) is 0 Å². The van der Waals surface area contributed by atoms with E-state index in [0.29, 0.717) is 21.6 Å². The summed E-state index contributed by atoms with van der Waals surface area (Å²) < 4.78 is 0.702. The molecular weight excluding hydrogens is 296 g/mol. The van der Waals surface area contributed by atoms with Gasteiger partial charge in [0.1, 0.15) is 0 Å². The molecule has 0 fully saturated rings. The number of amides is 1. The second-order valence-electron chi connectivity index (χ2n) is 4.41. The number of nitrogens with two attached hydrogens (primary N) is 1. The molecule has 4 N–H and O–H groups in total. The third-order valence-corrected chi connectivity index (χ3v) is 4.32. The molecule has 2 aromatic heterocycles. The first-order chi connectivity index (χ1) is 9.52. The van der Waals surface area contributed by atoms with Crippen molar-refractivity contribution in [3.63, 3.8) is 0 Å². The summed E-state index contributed by atoms with van der Waals surface area (Å²) in [4.78, 5) is 11.8. The first-order valence-corrected chi connectivity index (χ1v) is 7.85. The van der Waals surface area contributed by atoms with E-state index in [9.17, 15) is 4.79 Å². The van der Waals surface area contributed by atoms with Crippen molar-refractivity contribution < 1.29 is 4.79 Å². The van der Waals surface area contributed by atoms with Crippen LogP contribution in [0.2, 0.25) is 0 Å². The number of aryl methyl sites for hydroxylation is 1. The molecule has 0 aliphatic heterocycles. The molecule has 0 bridgehead atoms. The van der Waals surface area contributed by atoms with Crippen LogP contribution in [0.4, 0.5) is 5.13 Å². The van der Waals surface area contributed by atoms with E-state index in [1.165, 1.54) is 23.1 Å². The second-order valence-corrected chi connectivity index (χ2v) is 6.64. The minimum absolute atomic E-state index is 0.0327. The molecule has 1 amide bonds. The van der Waals surface area contributed by atoms with Crippen LogP contribution in [0.25, 0.3) is 0 Å². The maximum atomic E-state index is 11.8. The Morgan fingerprint density at radius 2 is 2.40 bits per heavy atom. The summed E-state index contributed by atoms with van der Waals surface area (Å²) >= 11 is 2.61. The molecule has 0 radical (unpaired) electrons. The monoisotopic (exact) mass is 312 g/mol. The molecule has 0 aliphatic carbocycles. The smallest absolute Gasteiger partial charge is 0.230 e. The Labute approximate surface area is 124 Å². The molecule has 0 aliphatic rings. The van der Waals surface area contributed by atoms with E-state index >= 15 is 0 Å². The van der Waals surface area contributed by atoms with E-state index < -0.39 is 0 Å². The van der Waals surface area contributed by atoms with Crippen molar-refractivity contribution in [3.8, 4) is 0 Å². The lowest BCUT2D eigenvalue weighted by atomic mass is 10.2. The van der Waals surface area contributed by atoms with Gasteiger partial charge in [-0.2, -0.15) is 5.10 Å². The SMILES string of the molecule is Cc1cc(CC(C)NC(=O)CSc2nnc(N)s2)n[nH]1. The molecule has 2 heterocycles. The number of anilines is 1. The fourth-order valence-electron chi connectivity index (χ4n) is 1.67. The lowest BCUT2D eigenvalue weighted by Crippen LogP contribution is -2.35. The minimum atomic E-state index is -0.0384. The second kappa shape index (κ2) is 6.71. The summed E-state index contributed by atoms with van der Waals surface area (Å²) in [6, 6.07) is 2.01. The molecule has 7 nitrogen and oxygen atoms in total. The summed E-state index contributed by atoms with van der Waals surface area (Å²) in [5.74, 6) is 0.266. The average molecular weight is 312 g/mol. The van der Waals surface area contributed by atoms with Crippen LogP contribution in [0.15, 0.2) is 10.4 Å². The number of nitrogens with zero attached hydrogens (tertiary/aromatic N) is 3. The van der Waals surface area contributed by atoms with Gasteiger partial charge in [0.15, 0.2) is 4.34 Å². The van der Waals surface area contributed by atoms with Crippen molar-refractivity contribution in [2.75, 3.05) is 11.5 Å². The topological polar surface area (TPSA) is 110 Å². The maximum absolute atomic E-state index is 11.8. The number of hydrogen-bond acceptors (Lipinski definition) is 7. The lowest BCUT2D eigenvalue weighted by Gasteiger charge is -2.11. The molecule has 1 atom stereocenters. The van der Waals surface area contributed by atoms with Gasteiger partial charge in [0.2, 0.25) is 11.0 Å². The summed E-state index contributed by atoms with van der Waals surface area (Å²) in [5, 5.41) is 17.9. The van der Waals surface area contributed by atoms with Crippen molar-refractivity contribution >= 4 is 34.1 Å². The zero-order valence-corrected chi connectivity index (χ0v) is 12.8. The summed E-state index contributed by atoms with van der Waals surface area (Å²) in [6.07, 6.45) is 0.701. The molecule has 1 unspecified atom stereocenters. The van der Waals surface area contributed by atoms with Gasteiger partial charge in [-0.3, -0.25) is 9.89 Å². The number of rotatable bonds is 6. The molecule has 9 heteroatoms. The number of carbonyl (C=O) groups excluding carboxylic acids is 1. The van der Waals surface area contributed by atoms with Gasteiger partial charge in [0.05, 0.1) is 11.4 Å². The molecule has 108 valence electrons. The number of nitrogens with one attached hydrogen (secondary N) is 2. The highest BCUT2D eigenvalue weighted by atomic mass is 32.2. The normalized spacial score (nSPS) is 12.3. The van der Waals surface area contributed by atoms with Crippen molar-refractivity contribution in [1.29, 1.82) is 0 Å². The molecule has 0 saturated heterocycles. The van der Waals surface area contributed by atoms with Crippen LogP contribution in [0.3, 0.4) is 0 Å². The lowest BCUT2D eigenvalue weighted by molar-refractivity contribution is -0.119. The Morgan fingerprint density at radius 1 is 1.60 bits per heavy atom. The third-order valence-electron chi connectivity index (χ3n) is 2.43. The Kier molecular flexibility index (Phi) is 4.96. The first-order valence-electron chi connectivity index (χ1n) is 6.05. The van der Waals surface area contributed by atoms with Crippen LogP contribution in [0, 0.1) is 6.92 Å². The van der Waals surface area contributed by atoms with Gasteiger partial charge in [0.25, 0.3) is 0 Å². The summed E-state index contributed by atoms with van der Waals surface area (Å²) in [5.41, 5.74) is 7.44. The van der Waals surface area contributed by atoms with E-state index in [0.717, 1.165) is 11.4 Å². The minimum Gasteiger partial charge on any atom is -0.374 e. The Bertz CT molecular complexity index is 581. The number of aromatic nitrogens is 4. The van der Waals surface area contributed by atoms with Crippen LogP contribution in [-0.4, -0.2) is 38.1 Å². The Morgan fingerprint density at radius 3 is 3.00 bits per heavy atom. The van der Waals surface area contributed by atoms with Gasteiger partial charge in [0, 0.05) is 18.2 Å². The highest BCUT2D eigenvalue weighted by Crippen LogP contribution is 2.23. The van der Waals surface area contributed by atoms with Gasteiger partial charge in [-0.1, -0.05) is 23.1 Å². The standard InChI is InChI=1S/C11H16N6OS2/c1-6(3-8-4-7(2)14-15-8)13-9(18)5-19-11-17-16-10(12)20-11/h4,6H,3,5H2,1-2H3,(H2,12,16)(H,13,18)(H,14,15). The first kappa shape index (κ1) is 14.8. The highest BCUT2D eigenvalue weighted by Gasteiger charge is 2.11. The Hall–Kier alpha value is -1.61.